The number of carbonyl (C=O) groups excluding carboxylic acids is 1. The minimum absolute atomic E-state index is 0.249. The summed E-state index contributed by atoms with van der Waals surface area (Å²) in [5.74, 6) is -0.577. The lowest BCUT2D eigenvalue weighted by Gasteiger charge is -2.40. The molecule has 0 aliphatic carbocycles. The Labute approximate surface area is 387 Å². The van der Waals surface area contributed by atoms with Crippen molar-refractivity contribution in [2.75, 3.05) is 13.2 Å². The number of amides is 1. The van der Waals surface area contributed by atoms with Crippen LogP contribution in [-0.2, 0) is 14.3 Å². The number of ether oxygens (including phenoxy) is 2. The summed E-state index contributed by atoms with van der Waals surface area (Å²) in [4.78, 5) is 13.1. The lowest BCUT2D eigenvalue weighted by atomic mass is 9.99. The number of aliphatic hydroxyl groups is 6. The molecule has 63 heavy (non-hydrogen) atoms. The monoisotopic (exact) mass is 900 g/mol. The summed E-state index contributed by atoms with van der Waals surface area (Å²) in [5, 5.41) is 65.1. The van der Waals surface area contributed by atoms with Crippen molar-refractivity contribution >= 4 is 5.91 Å². The zero-order chi connectivity index (χ0) is 46.0. The fraction of sp³-hybridized carbons (Fsp3) is 0.981. The van der Waals surface area contributed by atoms with Crippen LogP contribution in [0.4, 0.5) is 0 Å². The number of carbonyl (C=O) groups is 1. The second-order valence-corrected chi connectivity index (χ2v) is 19.5. The predicted octanol–water partition coefficient (Wildman–Crippen LogP) is 11.7. The first-order valence-corrected chi connectivity index (χ1v) is 27.3. The molecular formula is C53H105NO9. The van der Waals surface area contributed by atoms with Gasteiger partial charge in [-0.2, -0.15) is 0 Å². The van der Waals surface area contributed by atoms with Crippen molar-refractivity contribution in [2.45, 2.75) is 320 Å². The van der Waals surface area contributed by atoms with Crippen LogP contribution < -0.4 is 5.32 Å². The van der Waals surface area contributed by atoms with E-state index in [0.29, 0.717) is 12.8 Å². The van der Waals surface area contributed by atoms with Gasteiger partial charge in [0.25, 0.3) is 0 Å². The van der Waals surface area contributed by atoms with Crippen molar-refractivity contribution in [1.29, 1.82) is 0 Å². The van der Waals surface area contributed by atoms with Crippen LogP contribution in [0.5, 0.6) is 0 Å². The molecule has 1 rings (SSSR count). The predicted molar refractivity (Wildman–Crippen MR) is 260 cm³/mol. The van der Waals surface area contributed by atoms with Gasteiger partial charge in [0.05, 0.1) is 25.4 Å². The maximum absolute atomic E-state index is 13.1. The molecule has 0 spiro atoms. The first kappa shape index (κ1) is 60.2. The summed E-state index contributed by atoms with van der Waals surface area (Å²) in [6, 6.07) is -0.889. The molecule has 0 aromatic rings. The summed E-state index contributed by atoms with van der Waals surface area (Å²) in [6.45, 7) is 3.71. The van der Waals surface area contributed by atoms with E-state index in [2.05, 4.69) is 19.2 Å². The number of unbranched alkanes of at least 4 members (excludes halogenated alkanes) is 36. The lowest BCUT2D eigenvalue weighted by molar-refractivity contribution is -0.302. The van der Waals surface area contributed by atoms with Gasteiger partial charge in [0, 0.05) is 0 Å². The SMILES string of the molecule is CCCCCCCCCCCCCCCCCCCCCCCC(O)C(=O)NC(COC1OC(CO)C(O)C(O)C1O)C(O)CCCCCCCCCCCCCCCCCCC. The van der Waals surface area contributed by atoms with Gasteiger partial charge in [-0.3, -0.25) is 4.79 Å². The smallest absolute Gasteiger partial charge is 0.249 e. The first-order chi connectivity index (χ1) is 30.8. The van der Waals surface area contributed by atoms with E-state index in [1.807, 2.05) is 0 Å². The van der Waals surface area contributed by atoms with E-state index in [-0.39, 0.29) is 6.61 Å². The molecule has 8 unspecified atom stereocenters. The molecule has 1 aliphatic heterocycles. The van der Waals surface area contributed by atoms with Crippen LogP contribution in [0.2, 0.25) is 0 Å². The van der Waals surface area contributed by atoms with Gasteiger partial charge < -0.3 is 45.4 Å². The Morgan fingerprint density at radius 1 is 0.476 bits per heavy atom. The van der Waals surface area contributed by atoms with Gasteiger partial charge in [-0.15, -0.1) is 0 Å². The van der Waals surface area contributed by atoms with Crippen LogP contribution in [0.15, 0.2) is 0 Å². The van der Waals surface area contributed by atoms with Gasteiger partial charge in [0.1, 0.15) is 30.5 Å². The van der Waals surface area contributed by atoms with Crippen molar-refractivity contribution in [1.82, 2.24) is 5.32 Å². The highest BCUT2D eigenvalue weighted by atomic mass is 16.7. The van der Waals surface area contributed by atoms with E-state index in [1.54, 1.807) is 0 Å². The van der Waals surface area contributed by atoms with Crippen LogP contribution in [0, 0.1) is 0 Å². The minimum atomic E-state index is -1.59. The van der Waals surface area contributed by atoms with Gasteiger partial charge >= 0.3 is 0 Å². The number of hydrogen-bond acceptors (Lipinski definition) is 9. The van der Waals surface area contributed by atoms with E-state index >= 15 is 0 Å². The zero-order valence-electron chi connectivity index (χ0n) is 41.2. The lowest BCUT2D eigenvalue weighted by Crippen LogP contribution is -2.60. The van der Waals surface area contributed by atoms with E-state index in [1.165, 1.54) is 205 Å². The van der Waals surface area contributed by atoms with Crippen LogP contribution in [0.25, 0.3) is 0 Å². The molecule has 10 heteroatoms. The zero-order valence-corrected chi connectivity index (χ0v) is 41.2. The number of hydrogen-bond donors (Lipinski definition) is 7. The highest BCUT2D eigenvalue weighted by Gasteiger charge is 2.44. The molecule has 10 nitrogen and oxygen atoms in total. The number of aliphatic hydroxyl groups excluding tert-OH is 6. The van der Waals surface area contributed by atoms with Gasteiger partial charge in [-0.1, -0.05) is 258 Å². The normalized spacial score (nSPS) is 20.5. The first-order valence-electron chi connectivity index (χ1n) is 27.3. The standard InChI is InChI=1S/C53H105NO9/c1-3-5-7-9-11-13-15-17-19-21-22-23-24-26-28-30-32-34-36-38-40-42-47(57)52(61)54-45(44-62-53-51(60)50(59)49(58)48(43-55)63-53)46(56)41-39-37-35-33-31-29-27-25-20-18-16-14-12-10-8-6-4-2/h45-51,53,55-60H,3-44H2,1-2H3,(H,54,61). The summed E-state index contributed by atoms with van der Waals surface area (Å²) in [5.41, 5.74) is 0. The van der Waals surface area contributed by atoms with Gasteiger partial charge in [0.15, 0.2) is 6.29 Å². The third-order valence-corrected chi connectivity index (χ3v) is 13.6. The molecule has 1 saturated heterocycles. The highest BCUT2D eigenvalue weighted by Crippen LogP contribution is 2.23. The molecule has 1 aliphatic rings. The van der Waals surface area contributed by atoms with E-state index in [0.717, 1.165) is 38.5 Å². The molecule has 0 aromatic carbocycles. The molecule has 0 radical (unpaired) electrons. The van der Waals surface area contributed by atoms with E-state index in [9.17, 15) is 35.4 Å². The van der Waals surface area contributed by atoms with Crippen LogP contribution >= 0.6 is 0 Å². The van der Waals surface area contributed by atoms with E-state index < -0.39 is 61.5 Å². The van der Waals surface area contributed by atoms with Crippen LogP contribution in [-0.4, -0.2) is 98.7 Å². The number of rotatable bonds is 47. The molecule has 8 atom stereocenters. The molecule has 0 bridgehead atoms. The topological polar surface area (TPSA) is 169 Å². The molecule has 1 fully saturated rings. The Morgan fingerprint density at radius 2 is 0.794 bits per heavy atom. The highest BCUT2D eigenvalue weighted by molar-refractivity contribution is 5.80. The Kier molecular flexibility index (Phi) is 41.7. The van der Waals surface area contributed by atoms with Crippen molar-refractivity contribution < 1.29 is 44.9 Å². The van der Waals surface area contributed by atoms with E-state index in [4.69, 9.17) is 9.47 Å². The molecule has 1 heterocycles. The quantitative estimate of drug-likeness (QED) is 0.0294. The fourth-order valence-corrected chi connectivity index (χ4v) is 9.11. The molecule has 0 saturated carbocycles. The van der Waals surface area contributed by atoms with Crippen LogP contribution in [0.1, 0.15) is 271 Å². The summed E-state index contributed by atoms with van der Waals surface area (Å²) in [6.07, 6.45) is 40.1. The Bertz CT molecular complexity index is 973. The fourth-order valence-electron chi connectivity index (χ4n) is 9.11. The summed E-state index contributed by atoms with van der Waals surface area (Å²) >= 11 is 0. The second-order valence-electron chi connectivity index (χ2n) is 19.5. The number of nitrogens with one attached hydrogen (secondary N) is 1. The third-order valence-electron chi connectivity index (χ3n) is 13.6. The van der Waals surface area contributed by atoms with Gasteiger partial charge in [-0.05, 0) is 12.8 Å². The summed E-state index contributed by atoms with van der Waals surface area (Å²) < 4.78 is 11.2. The molecule has 376 valence electrons. The maximum atomic E-state index is 13.1. The van der Waals surface area contributed by atoms with Crippen molar-refractivity contribution in [3.8, 4) is 0 Å². The largest absolute Gasteiger partial charge is 0.394 e. The maximum Gasteiger partial charge on any atom is 0.249 e. The Morgan fingerprint density at radius 3 is 1.13 bits per heavy atom. The average molecular weight is 900 g/mol. The molecular weight excluding hydrogens is 795 g/mol. The molecule has 0 aromatic heterocycles. The Hall–Kier alpha value is -0.850. The van der Waals surface area contributed by atoms with Crippen molar-refractivity contribution in [3.63, 3.8) is 0 Å². The van der Waals surface area contributed by atoms with Crippen molar-refractivity contribution in [3.05, 3.63) is 0 Å². The molecule has 1 amide bonds. The van der Waals surface area contributed by atoms with Gasteiger partial charge in [-0.25, -0.2) is 0 Å². The van der Waals surface area contributed by atoms with Crippen LogP contribution in [0.3, 0.4) is 0 Å². The Balaban J connectivity index is 2.27. The van der Waals surface area contributed by atoms with Gasteiger partial charge in [0.2, 0.25) is 5.91 Å². The average Bonchev–Trinajstić information content (AvgIpc) is 3.28. The summed E-state index contributed by atoms with van der Waals surface area (Å²) in [7, 11) is 0. The third kappa shape index (κ3) is 33.3. The second kappa shape index (κ2) is 43.7. The molecule has 7 N–H and O–H groups in total. The minimum Gasteiger partial charge on any atom is -0.394 e. The van der Waals surface area contributed by atoms with Crippen molar-refractivity contribution in [2.24, 2.45) is 0 Å².